The van der Waals surface area contributed by atoms with Gasteiger partial charge in [-0.2, -0.15) is 5.09 Å². The van der Waals surface area contributed by atoms with Crippen molar-refractivity contribution in [3.63, 3.8) is 0 Å². The quantitative estimate of drug-likeness (QED) is 0.179. The third kappa shape index (κ3) is 5.42. The molecule has 1 saturated carbocycles. The van der Waals surface area contributed by atoms with Crippen LogP contribution >= 0.6 is 7.75 Å². The van der Waals surface area contributed by atoms with Crippen molar-refractivity contribution in [2.45, 2.75) is 82.3 Å². The van der Waals surface area contributed by atoms with Gasteiger partial charge in [-0.05, 0) is 45.1 Å². The number of ether oxygens (including phenoxy) is 4. The van der Waals surface area contributed by atoms with Crippen LogP contribution in [0.4, 0.5) is 5.82 Å². The molecule has 3 N–H and O–H groups in total. The van der Waals surface area contributed by atoms with Gasteiger partial charge in [0.1, 0.15) is 41.4 Å². The number of nitrogen functional groups attached to an aromatic ring is 1. The molecule has 6 atom stereocenters. The Bertz CT molecular complexity index is 1810. The van der Waals surface area contributed by atoms with E-state index in [0.29, 0.717) is 16.9 Å². The lowest BCUT2D eigenvalue weighted by molar-refractivity contribution is -0.231. The Kier molecular flexibility index (Phi) is 7.98. The molecule has 14 nitrogen and oxygen atoms in total. The number of imidazole rings is 1. The number of esters is 1. The summed E-state index contributed by atoms with van der Waals surface area (Å²) >= 11 is 0. The van der Waals surface area contributed by atoms with Gasteiger partial charge in [0.05, 0.1) is 19.5 Å². The number of anilines is 1. The Morgan fingerprint density at radius 3 is 2.76 bits per heavy atom. The van der Waals surface area contributed by atoms with Crippen LogP contribution in [0.3, 0.4) is 0 Å². The molecule has 244 valence electrons. The Balaban J connectivity index is 1.20. The summed E-state index contributed by atoms with van der Waals surface area (Å²) in [7, 11) is -4.23. The van der Waals surface area contributed by atoms with Crippen LogP contribution in [0.5, 0.6) is 5.75 Å². The maximum Gasteiger partial charge on any atom is 0.459 e. The van der Waals surface area contributed by atoms with Crippen molar-refractivity contribution in [1.29, 1.82) is 0 Å². The maximum absolute atomic E-state index is 14.5. The first-order valence-electron chi connectivity index (χ1n) is 15.5. The minimum Gasteiger partial charge on any atom is -0.465 e. The molecule has 2 unspecified atom stereocenters. The van der Waals surface area contributed by atoms with E-state index < -0.39 is 49.6 Å². The van der Waals surface area contributed by atoms with Gasteiger partial charge in [-0.15, -0.1) is 0 Å². The number of hydrogen-bond donors (Lipinski definition) is 2. The lowest BCUT2D eigenvalue weighted by atomic mass is 9.96. The minimum atomic E-state index is -4.23. The molecule has 7 rings (SSSR count). The number of rotatable bonds is 10. The molecule has 3 fully saturated rings. The lowest BCUT2D eigenvalue weighted by Gasteiger charge is -2.31. The average molecular weight is 653 g/mol. The Morgan fingerprint density at radius 2 is 1.96 bits per heavy atom. The molecule has 2 aliphatic heterocycles. The van der Waals surface area contributed by atoms with Crippen molar-refractivity contribution in [3.8, 4) is 5.75 Å². The first kappa shape index (κ1) is 31.0. The van der Waals surface area contributed by atoms with Crippen molar-refractivity contribution in [2.24, 2.45) is 0 Å². The highest BCUT2D eigenvalue weighted by molar-refractivity contribution is 7.52. The standard InChI is InChI=1S/C31H37N6O8P/c1-4-40-28(38)19(2)36-46(39,44-22-13-9-11-20-10-5-6-12-21(20)22)41-16-23-25-30(3,45-31(43-25)14-7-8-15-31)29(42-23)37-18-35-24-26(32)33-17-34-27(24)37/h5-6,9-13,17-19,23,25,29H,4,7-8,14-16H2,1-3H3,(H,36,39)(H2,32,33,34)/t19-,23+,25?,29+,30-,46?/m0/s1. The molecular weight excluding hydrogens is 615 g/mol. The smallest absolute Gasteiger partial charge is 0.459 e. The molecule has 15 heteroatoms. The number of nitrogens with one attached hydrogen (secondary N) is 1. The third-order valence-corrected chi connectivity index (χ3v) is 10.4. The number of fused-ring (bicyclic) bond motifs is 3. The van der Waals surface area contributed by atoms with E-state index in [2.05, 4.69) is 20.0 Å². The van der Waals surface area contributed by atoms with Crippen LogP contribution in [0.25, 0.3) is 21.9 Å². The van der Waals surface area contributed by atoms with Gasteiger partial charge >= 0.3 is 13.7 Å². The van der Waals surface area contributed by atoms with E-state index in [1.165, 1.54) is 13.3 Å². The second kappa shape index (κ2) is 11.9. The summed E-state index contributed by atoms with van der Waals surface area (Å²) in [6.07, 6.45) is 4.26. The van der Waals surface area contributed by atoms with E-state index in [0.717, 1.165) is 36.5 Å². The summed E-state index contributed by atoms with van der Waals surface area (Å²) in [6, 6.07) is 12.0. The van der Waals surface area contributed by atoms with Crippen molar-refractivity contribution >= 4 is 41.5 Å². The summed E-state index contributed by atoms with van der Waals surface area (Å²) in [5.74, 6) is -0.800. The predicted molar refractivity (Wildman–Crippen MR) is 167 cm³/mol. The van der Waals surface area contributed by atoms with Crippen molar-refractivity contribution in [2.75, 3.05) is 18.9 Å². The number of nitrogens with two attached hydrogens (primary N) is 1. The number of benzene rings is 2. The second-order valence-electron chi connectivity index (χ2n) is 12.0. The van der Waals surface area contributed by atoms with Gasteiger partial charge < -0.3 is 29.2 Å². The highest BCUT2D eigenvalue weighted by Gasteiger charge is 2.67. The Morgan fingerprint density at radius 1 is 1.17 bits per heavy atom. The van der Waals surface area contributed by atoms with Crippen LogP contribution < -0.4 is 15.3 Å². The summed E-state index contributed by atoms with van der Waals surface area (Å²) in [5.41, 5.74) is 6.00. The molecule has 2 aromatic heterocycles. The van der Waals surface area contributed by atoms with E-state index in [4.69, 9.17) is 33.7 Å². The summed E-state index contributed by atoms with van der Waals surface area (Å²) in [6.45, 7) is 5.11. The van der Waals surface area contributed by atoms with Gasteiger partial charge in [-0.3, -0.25) is 13.9 Å². The molecule has 4 aromatic rings. The molecule has 1 aliphatic carbocycles. The normalized spacial score (nSPS) is 27.2. The summed E-state index contributed by atoms with van der Waals surface area (Å²) in [4.78, 5) is 25.5. The molecule has 2 aromatic carbocycles. The molecular formula is C31H37N6O8P. The molecule has 3 aliphatic rings. The monoisotopic (exact) mass is 652 g/mol. The van der Waals surface area contributed by atoms with Gasteiger partial charge in [0.15, 0.2) is 23.5 Å². The highest BCUT2D eigenvalue weighted by Crippen LogP contribution is 2.56. The van der Waals surface area contributed by atoms with Crippen LogP contribution in [-0.4, -0.2) is 68.3 Å². The van der Waals surface area contributed by atoms with E-state index in [-0.39, 0.29) is 19.0 Å². The number of carbonyl (C=O) groups excluding carboxylic acids is 1. The zero-order valence-electron chi connectivity index (χ0n) is 25.8. The fourth-order valence-corrected chi connectivity index (χ4v) is 8.23. The predicted octanol–water partition coefficient (Wildman–Crippen LogP) is 4.65. The number of hydrogen-bond acceptors (Lipinski definition) is 12. The SMILES string of the molecule is CCOC(=O)[C@H](C)NP(=O)(OC[C@H]1O[C@@H](n2cnc3c(N)ncnc32)[C@@]2(C)OC3(CCCC3)OC12)Oc1cccc2ccccc12. The molecule has 0 bridgehead atoms. The van der Waals surface area contributed by atoms with E-state index >= 15 is 0 Å². The van der Waals surface area contributed by atoms with Gasteiger partial charge in [-0.25, -0.2) is 19.5 Å². The largest absolute Gasteiger partial charge is 0.465 e. The number of nitrogens with zero attached hydrogens (tertiary/aromatic N) is 4. The van der Waals surface area contributed by atoms with Gasteiger partial charge in [-0.1, -0.05) is 36.4 Å². The van der Waals surface area contributed by atoms with Crippen LogP contribution in [0, 0.1) is 0 Å². The number of carbonyl (C=O) groups is 1. The van der Waals surface area contributed by atoms with Gasteiger partial charge in [0.25, 0.3) is 0 Å². The van der Waals surface area contributed by atoms with Crippen LogP contribution in [-0.2, 0) is 32.8 Å². The zero-order valence-corrected chi connectivity index (χ0v) is 26.7. The van der Waals surface area contributed by atoms with Crippen LogP contribution in [0.1, 0.15) is 52.7 Å². The zero-order chi connectivity index (χ0) is 32.1. The van der Waals surface area contributed by atoms with Crippen LogP contribution in [0.15, 0.2) is 55.1 Å². The topological polar surface area (TPSA) is 171 Å². The highest BCUT2D eigenvalue weighted by atomic mass is 31.2. The average Bonchev–Trinajstić information content (AvgIpc) is 3.80. The number of aromatic nitrogens is 4. The van der Waals surface area contributed by atoms with Crippen LogP contribution in [0.2, 0.25) is 0 Å². The molecule has 46 heavy (non-hydrogen) atoms. The molecule has 0 amide bonds. The summed E-state index contributed by atoms with van der Waals surface area (Å²) < 4.78 is 53.7. The van der Waals surface area contributed by atoms with E-state index in [1.807, 2.05) is 37.3 Å². The van der Waals surface area contributed by atoms with Crippen molar-refractivity contribution in [1.82, 2.24) is 24.6 Å². The lowest BCUT2D eigenvalue weighted by Crippen LogP contribution is -2.42. The molecule has 0 radical (unpaired) electrons. The molecule has 2 saturated heterocycles. The van der Waals surface area contributed by atoms with E-state index in [9.17, 15) is 9.36 Å². The Labute approximate surface area is 265 Å². The Hall–Kier alpha value is -3.65. The first-order chi connectivity index (χ1) is 22.1. The first-order valence-corrected chi connectivity index (χ1v) is 17.0. The van der Waals surface area contributed by atoms with Crippen molar-refractivity contribution < 1.29 is 37.4 Å². The maximum atomic E-state index is 14.5. The third-order valence-electron chi connectivity index (χ3n) is 8.82. The van der Waals surface area contributed by atoms with E-state index in [1.54, 1.807) is 30.0 Å². The van der Waals surface area contributed by atoms with Gasteiger partial charge in [0, 0.05) is 18.2 Å². The molecule has 4 heterocycles. The van der Waals surface area contributed by atoms with Crippen molar-refractivity contribution in [3.05, 3.63) is 55.1 Å². The fraction of sp³-hybridized carbons (Fsp3) is 0.484. The van der Waals surface area contributed by atoms with Gasteiger partial charge in [0.2, 0.25) is 0 Å². The second-order valence-corrected chi connectivity index (χ2v) is 13.7. The summed E-state index contributed by atoms with van der Waals surface area (Å²) in [5, 5.41) is 4.38. The molecule has 1 spiro atoms. The fourth-order valence-electron chi connectivity index (χ4n) is 6.71. The minimum absolute atomic E-state index is 0.163.